The Kier molecular flexibility index (Phi) is 4.98. The Balaban J connectivity index is 2.10. The Morgan fingerprint density at radius 1 is 1.38 bits per heavy atom. The first-order chi connectivity index (χ1) is 10.0. The summed E-state index contributed by atoms with van der Waals surface area (Å²) < 4.78 is 5.51. The van der Waals surface area contributed by atoms with Crippen LogP contribution in [0.25, 0.3) is 0 Å². The second-order valence-corrected chi connectivity index (χ2v) is 5.32. The number of aromatic nitrogens is 2. The molecule has 2 aromatic rings. The third kappa shape index (κ3) is 3.62. The molecule has 0 radical (unpaired) electrons. The Morgan fingerprint density at radius 2 is 2.05 bits per heavy atom. The maximum atomic E-state index is 12.2. The maximum absolute atomic E-state index is 12.2. The molecule has 1 heterocycles. The Hall–Kier alpha value is -1.85. The molecule has 6 heteroatoms. The smallest absolute Gasteiger partial charge is 0.255 e. The summed E-state index contributed by atoms with van der Waals surface area (Å²) in [6.07, 6.45) is 1.26. The van der Waals surface area contributed by atoms with Gasteiger partial charge in [0.25, 0.3) is 5.91 Å². The summed E-state index contributed by atoms with van der Waals surface area (Å²) in [7, 11) is 1.62. The molecule has 0 aliphatic carbocycles. The third-order valence-corrected chi connectivity index (χ3v) is 3.59. The highest BCUT2D eigenvalue weighted by molar-refractivity contribution is 6.30. The van der Waals surface area contributed by atoms with E-state index in [9.17, 15) is 4.79 Å². The van der Waals surface area contributed by atoms with Crippen LogP contribution in [0.5, 0.6) is 0 Å². The SMILES string of the molecule is CO[C@@H](c1ccc(Cl)cc1)[C@@H](C)NC(=O)c1cn[nH]c1C. The van der Waals surface area contributed by atoms with E-state index in [1.54, 1.807) is 26.2 Å². The molecular weight excluding hydrogens is 290 g/mol. The number of aromatic amines is 1. The molecule has 0 unspecified atom stereocenters. The standard InChI is InChI=1S/C15H18ClN3O2/c1-9-13(8-17-19-9)15(20)18-10(2)14(21-3)11-4-6-12(16)7-5-11/h4-8,10,14H,1-3H3,(H,17,19)(H,18,20)/t10-,14-/m1/s1. The zero-order chi connectivity index (χ0) is 15.4. The number of aryl methyl sites for hydroxylation is 1. The summed E-state index contributed by atoms with van der Waals surface area (Å²) in [6, 6.07) is 7.19. The molecule has 1 aromatic carbocycles. The first kappa shape index (κ1) is 15.5. The van der Waals surface area contributed by atoms with E-state index >= 15 is 0 Å². The Bertz CT molecular complexity index is 610. The van der Waals surface area contributed by atoms with Gasteiger partial charge in [0.2, 0.25) is 0 Å². The molecule has 5 nitrogen and oxygen atoms in total. The van der Waals surface area contributed by atoms with Crippen LogP contribution in [0.4, 0.5) is 0 Å². The molecular formula is C15H18ClN3O2. The van der Waals surface area contributed by atoms with Gasteiger partial charge in [-0.25, -0.2) is 0 Å². The van der Waals surface area contributed by atoms with Crippen LogP contribution in [-0.2, 0) is 4.74 Å². The minimum absolute atomic E-state index is 0.176. The summed E-state index contributed by atoms with van der Waals surface area (Å²) in [5, 5.41) is 10.2. The Morgan fingerprint density at radius 3 is 2.57 bits per heavy atom. The van der Waals surface area contributed by atoms with Crippen molar-refractivity contribution in [2.24, 2.45) is 0 Å². The molecule has 0 spiro atoms. The highest BCUT2D eigenvalue weighted by atomic mass is 35.5. The van der Waals surface area contributed by atoms with Crippen molar-refractivity contribution < 1.29 is 9.53 Å². The normalized spacial score (nSPS) is 13.7. The summed E-state index contributed by atoms with van der Waals surface area (Å²) >= 11 is 5.89. The van der Waals surface area contributed by atoms with E-state index in [0.29, 0.717) is 10.6 Å². The highest BCUT2D eigenvalue weighted by Gasteiger charge is 2.22. The summed E-state index contributed by atoms with van der Waals surface area (Å²) in [5.74, 6) is -0.176. The second kappa shape index (κ2) is 6.74. The van der Waals surface area contributed by atoms with Gasteiger partial charge in [-0.05, 0) is 31.5 Å². The lowest BCUT2D eigenvalue weighted by molar-refractivity contribution is 0.0644. The van der Waals surface area contributed by atoms with Gasteiger partial charge in [-0.2, -0.15) is 5.10 Å². The number of nitrogens with zero attached hydrogens (tertiary/aromatic N) is 1. The number of rotatable bonds is 5. The van der Waals surface area contributed by atoms with Gasteiger partial charge in [0.15, 0.2) is 0 Å². The summed E-state index contributed by atoms with van der Waals surface area (Å²) in [4.78, 5) is 12.2. The van der Waals surface area contributed by atoms with Crippen molar-refractivity contribution >= 4 is 17.5 Å². The number of methoxy groups -OCH3 is 1. The van der Waals surface area contributed by atoms with Gasteiger partial charge in [-0.3, -0.25) is 9.89 Å². The predicted octanol–water partition coefficient (Wildman–Crippen LogP) is 2.88. The molecule has 0 saturated heterocycles. The van der Waals surface area contributed by atoms with Crippen molar-refractivity contribution in [1.29, 1.82) is 0 Å². The average Bonchev–Trinajstić information content (AvgIpc) is 2.88. The van der Waals surface area contributed by atoms with E-state index in [0.717, 1.165) is 11.3 Å². The molecule has 2 N–H and O–H groups in total. The molecule has 2 rings (SSSR count). The summed E-state index contributed by atoms with van der Waals surface area (Å²) in [6.45, 7) is 3.70. The van der Waals surface area contributed by atoms with Crippen LogP contribution in [0.1, 0.15) is 34.6 Å². The summed E-state index contributed by atoms with van der Waals surface area (Å²) in [5.41, 5.74) is 2.23. The van der Waals surface area contributed by atoms with Gasteiger partial charge in [-0.1, -0.05) is 23.7 Å². The van der Waals surface area contributed by atoms with Gasteiger partial charge in [0, 0.05) is 17.8 Å². The quantitative estimate of drug-likeness (QED) is 0.892. The number of nitrogens with one attached hydrogen (secondary N) is 2. The molecule has 1 aromatic heterocycles. The van der Waals surface area contributed by atoms with E-state index in [-0.39, 0.29) is 18.1 Å². The predicted molar refractivity (Wildman–Crippen MR) is 81.5 cm³/mol. The molecule has 0 aliphatic heterocycles. The van der Waals surface area contributed by atoms with Gasteiger partial charge in [-0.15, -0.1) is 0 Å². The number of hydrogen-bond acceptors (Lipinski definition) is 3. The first-order valence-corrected chi connectivity index (χ1v) is 6.99. The molecule has 0 bridgehead atoms. The zero-order valence-corrected chi connectivity index (χ0v) is 12.9. The molecule has 21 heavy (non-hydrogen) atoms. The zero-order valence-electron chi connectivity index (χ0n) is 12.2. The van der Waals surface area contributed by atoms with Crippen LogP contribution in [0.2, 0.25) is 5.02 Å². The van der Waals surface area contributed by atoms with Gasteiger partial charge in [0.05, 0.1) is 17.8 Å². The lowest BCUT2D eigenvalue weighted by atomic mass is 10.0. The highest BCUT2D eigenvalue weighted by Crippen LogP contribution is 2.22. The Labute approximate surface area is 128 Å². The molecule has 112 valence electrons. The van der Waals surface area contributed by atoms with Crippen molar-refractivity contribution in [2.45, 2.75) is 26.0 Å². The molecule has 2 atom stereocenters. The van der Waals surface area contributed by atoms with Crippen LogP contribution >= 0.6 is 11.6 Å². The van der Waals surface area contributed by atoms with Crippen molar-refractivity contribution in [2.75, 3.05) is 7.11 Å². The van der Waals surface area contributed by atoms with Crippen molar-refractivity contribution in [1.82, 2.24) is 15.5 Å². The molecule has 0 fully saturated rings. The van der Waals surface area contributed by atoms with Gasteiger partial charge >= 0.3 is 0 Å². The molecule has 0 saturated carbocycles. The lowest BCUT2D eigenvalue weighted by Crippen LogP contribution is -2.37. The van der Waals surface area contributed by atoms with Gasteiger partial charge < -0.3 is 10.1 Å². The number of hydrogen-bond donors (Lipinski definition) is 2. The molecule has 0 aliphatic rings. The van der Waals surface area contributed by atoms with Crippen LogP contribution in [-0.4, -0.2) is 29.3 Å². The van der Waals surface area contributed by atoms with Crippen LogP contribution in [0.15, 0.2) is 30.5 Å². The fraction of sp³-hybridized carbons (Fsp3) is 0.333. The number of benzene rings is 1. The number of carbonyl (C=O) groups excluding carboxylic acids is 1. The number of amides is 1. The van der Waals surface area contributed by atoms with Crippen LogP contribution in [0.3, 0.4) is 0 Å². The third-order valence-electron chi connectivity index (χ3n) is 3.34. The van der Waals surface area contributed by atoms with E-state index in [1.165, 1.54) is 6.20 Å². The van der Waals surface area contributed by atoms with Crippen molar-refractivity contribution in [3.05, 3.63) is 52.3 Å². The number of ether oxygens (including phenoxy) is 1. The minimum atomic E-state index is -0.251. The maximum Gasteiger partial charge on any atom is 0.255 e. The average molecular weight is 308 g/mol. The monoisotopic (exact) mass is 307 g/mol. The largest absolute Gasteiger partial charge is 0.375 e. The van der Waals surface area contributed by atoms with E-state index in [4.69, 9.17) is 16.3 Å². The van der Waals surface area contributed by atoms with E-state index < -0.39 is 0 Å². The van der Waals surface area contributed by atoms with Crippen LogP contribution < -0.4 is 5.32 Å². The van der Waals surface area contributed by atoms with Crippen LogP contribution in [0, 0.1) is 6.92 Å². The topological polar surface area (TPSA) is 67.0 Å². The number of halogens is 1. The van der Waals surface area contributed by atoms with E-state index in [1.807, 2.05) is 19.1 Å². The molecule has 1 amide bonds. The lowest BCUT2D eigenvalue weighted by Gasteiger charge is -2.24. The number of carbonyl (C=O) groups is 1. The fourth-order valence-electron chi connectivity index (χ4n) is 2.22. The fourth-order valence-corrected chi connectivity index (χ4v) is 2.35. The van der Waals surface area contributed by atoms with E-state index in [2.05, 4.69) is 15.5 Å². The van der Waals surface area contributed by atoms with Crippen molar-refractivity contribution in [3.8, 4) is 0 Å². The second-order valence-electron chi connectivity index (χ2n) is 4.88. The van der Waals surface area contributed by atoms with Crippen molar-refractivity contribution in [3.63, 3.8) is 0 Å². The number of H-pyrrole nitrogens is 1. The first-order valence-electron chi connectivity index (χ1n) is 6.62. The minimum Gasteiger partial charge on any atom is -0.375 e. The van der Waals surface area contributed by atoms with Gasteiger partial charge in [0.1, 0.15) is 6.10 Å².